The van der Waals surface area contributed by atoms with Crippen LogP contribution in [0, 0.1) is 11.8 Å². The molecule has 140 valence electrons. The number of aromatic nitrogens is 1. The minimum Gasteiger partial charge on any atom is -0.506 e. The van der Waals surface area contributed by atoms with E-state index in [1.54, 1.807) is 0 Å². The molecule has 1 saturated heterocycles. The molecule has 0 bridgehead atoms. The van der Waals surface area contributed by atoms with Gasteiger partial charge in [0.25, 0.3) is 5.56 Å². The van der Waals surface area contributed by atoms with Crippen molar-refractivity contribution in [2.24, 2.45) is 17.6 Å². The third-order valence-corrected chi connectivity index (χ3v) is 6.36. The summed E-state index contributed by atoms with van der Waals surface area (Å²) in [6.07, 6.45) is 2.10. The lowest BCUT2D eigenvalue weighted by molar-refractivity contribution is 0.0691. The Labute approximate surface area is 155 Å². The van der Waals surface area contributed by atoms with Gasteiger partial charge in [0, 0.05) is 35.9 Å². The number of carboxylic acids is 1. The molecule has 0 radical (unpaired) electrons. The summed E-state index contributed by atoms with van der Waals surface area (Å²) < 4.78 is 0. The number of nitrogens with two attached hydrogens (primary N) is 1. The van der Waals surface area contributed by atoms with Gasteiger partial charge in [0.05, 0.1) is 5.69 Å². The van der Waals surface area contributed by atoms with Gasteiger partial charge in [-0.1, -0.05) is 6.07 Å². The summed E-state index contributed by atoms with van der Waals surface area (Å²) in [4.78, 5) is 28.6. The SMILES string of the molecule is NC1C2CN(c3ccc4c(c3)CCCc3c-4[nH]c(=O)c(C(=O)O)c3O)CC12. The molecule has 2 fully saturated rings. The summed E-state index contributed by atoms with van der Waals surface area (Å²) in [7, 11) is 0. The molecule has 5 rings (SSSR count). The molecule has 7 nitrogen and oxygen atoms in total. The summed E-state index contributed by atoms with van der Waals surface area (Å²) in [6, 6.07) is 6.51. The largest absolute Gasteiger partial charge is 0.506 e. The summed E-state index contributed by atoms with van der Waals surface area (Å²) >= 11 is 0. The van der Waals surface area contributed by atoms with Crippen LogP contribution in [0.1, 0.15) is 27.9 Å². The molecule has 2 heterocycles. The van der Waals surface area contributed by atoms with Crippen LogP contribution in [-0.4, -0.2) is 40.3 Å². The number of aromatic carboxylic acids is 1. The number of benzene rings is 1. The average molecular weight is 367 g/mol. The molecule has 1 aromatic carbocycles. The third-order valence-electron chi connectivity index (χ3n) is 6.36. The zero-order valence-electron chi connectivity index (χ0n) is 14.7. The first-order valence-corrected chi connectivity index (χ1v) is 9.31. The van der Waals surface area contributed by atoms with Crippen LogP contribution in [0.25, 0.3) is 11.3 Å². The van der Waals surface area contributed by atoms with Crippen molar-refractivity contribution in [3.63, 3.8) is 0 Å². The molecule has 1 aromatic heterocycles. The van der Waals surface area contributed by atoms with Crippen molar-refractivity contribution >= 4 is 11.7 Å². The minimum atomic E-state index is -1.41. The van der Waals surface area contributed by atoms with Crippen LogP contribution in [0.15, 0.2) is 23.0 Å². The molecule has 1 saturated carbocycles. The highest BCUT2D eigenvalue weighted by molar-refractivity contribution is 5.92. The molecule has 2 unspecified atom stereocenters. The number of rotatable bonds is 2. The van der Waals surface area contributed by atoms with Crippen molar-refractivity contribution in [3.8, 4) is 17.0 Å². The molecule has 5 N–H and O–H groups in total. The lowest BCUT2D eigenvalue weighted by Crippen LogP contribution is -2.28. The predicted molar refractivity (Wildman–Crippen MR) is 100 cm³/mol. The van der Waals surface area contributed by atoms with Gasteiger partial charge in [-0.3, -0.25) is 4.79 Å². The second-order valence-electron chi connectivity index (χ2n) is 7.84. The first-order chi connectivity index (χ1) is 13.0. The molecule has 2 atom stereocenters. The van der Waals surface area contributed by atoms with E-state index in [2.05, 4.69) is 16.0 Å². The van der Waals surface area contributed by atoms with E-state index in [4.69, 9.17) is 5.73 Å². The minimum absolute atomic E-state index is 0.352. The third kappa shape index (κ3) is 2.38. The first kappa shape index (κ1) is 16.4. The van der Waals surface area contributed by atoms with Gasteiger partial charge < -0.3 is 25.8 Å². The second kappa shape index (κ2) is 5.60. The van der Waals surface area contributed by atoms with Gasteiger partial charge in [-0.05, 0) is 48.8 Å². The summed E-state index contributed by atoms with van der Waals surface area (Å²) in [5.41, 5.74) is 8.84. The first-order valence-electron chi connectivity index (χ1n) is 9.31. The number of carbonyl (C=O) groups is 1. The summed E-state index contributed by atoms with van der Waals surface area (Å²) in [5, 5.41) is 19.6. The highest BCUT2D eigenvalue weighted by atomic mass is 16.4. The number of H-pyrrole nitrogens is 1. The van der Waals surface area contributed by atoms with Gasteiger partial charge in [-0.15, -0.1) is 0 Å². The van der Waals surface area contributed by atoms with Gasteiger partial charge in [-0.2, -0.15) is 0 Å². The Hall–Kier alpha value is -2.80. The average Bonchev–Trinajstić information content (AvgIpc) is 3.06. The lowest BCUT2D eigenvalue weighted by atomic mass is 9.99. The molecular formula is C20H21N3O4. The molecular weight excluding hydrogens is 346 g/mol. The van der Waals surface area contributed by atoms with E-state index in [1.165, 1.54) is 0 Å². The Bertz CT molecular complexity index is 1020. The standard InChI is InChI=1S/C20H21N3O4/c21-16-13-7-23(8-14(13)16)10-4-5-11-9(6-10)2-1-3-12-17(11)22-19(25)15(18(12)24)20(26)27/h4-6,13-14,16H,1-3,7-8,21H2,(H,26,27)(H2,22,24,25). The van der Waals surface area contributed by atoms with Gasteiger partial charge in [-0.25, -0.2) is 4.79 Å². The summed E-state index contributed by atoms with van der Waals surface area (Å²) in [5.74, 6) is -0.617. The molecule has 27 heavy (non-hydrogen) atoms. The monoisotopic (exact) mass is 367 g/mol. The molecule has 1 aliphatic heterocycles. The van der Waals surface area contributed by atoms with E-state index in [-0.39, 0.29) is 0 Å². The van der Waals surface area contributed by atoms with Crippen LogP contribution in [0.3, 0.4) is 0 Å². The van der Waals surface area contributed by atoms with Gasteiger partial charge in [0.1, 0.15) is 5.75 Å². The zero-order valence-corrected chi connectivity index (χ0v) is 14.7. The maximum atomic E-state index is 12.2. The van der Waals surface area contributed by atoms with E-state index in [1.807, 2.05) is 12.1 Å². The smallest absolute Gasteiger partial charge is 0.345 e. The topological polar surface area (TPSA) is 120 Å². The van der Waals surface area contributed by atoms with E-state index in [0.29, 0.717) is 35.6 Å². The fourth-order valence-corrected chi connectivity index (χ4v) is 4.77. The Balaban J connectivity index is 1.57. The van der Waals surface area contributed by atoms with Crippen LogP contribution in [0.4, 0.5) is 5.69 Å². The van der Waals surface area contributed by atoms with Crippen LogP contribution >= 0.6 is 0 Å². The van der Waals surface area contributed by atoms with E-state index < -0.39 is 22.8 Å². The number of carboxylic acid groups (broad SMARTS) is 1. The fraction of sp³-hybridized carbons (Fsp3) is 0.400. The Kier molecular flexibility index (Phi) is 3.40. The van der Waals surface area contributed by atoms with Gasteiger partial charge in [0.2, 0.25) is 0 Å². The maximum absolute atomic E-state index is 12.2. The molecule has 0 amide bonds. The van der Waals surface area contributed by atoms with Crippen molar-refractivity contribution in [3.05, 3.63) is 45.2 Å². The van der Waals surface area contributed by atoms with Crippen molar-refractivity contribution in [1.29, 1.82) is 0 Å². The number of fused-ring (bicyclic) bond motifs is 4. The highest BCUT2D eigenvalue weighted by Crippen LogP contribution is 2.46. The molecule has 7 heteroatoms. The number of aromatic amines is 1. The normalized spacial score (nSPS) is 25.4. The number of hydrogen-bond donors (Lipinski definition) is 4. The molecule has 3 aliphatic rings. The van der Waals surface area contributed by atoms with Crippen molar-refractivity contribution in [2.75, 3.05) is 18.0 Å². The number of hydrogen-bond acceptors (Lipinski definition) is 5. The van der Waals surface area contributed by atoms with Crippen LogP contribution < -0.4 is 16.2 Å². The number of nitrogens with one attached hydrogen (secondary N) is 1. The van der Waals surface area contributed by atoms with Gasteiger partial charge >= 0.3 is 5.97 Å². The fourth-order valence-electron chi connectivity index (χ4n) is 4.77. The van der Waals surface area contributed by atoms with Gasteiger partial charge in [0.15, 0.2) is 5.56 Å². The van der Waals surface area contributed by atoms with Crippen molar-refractivity contribution in [2.45, 2.75) is 25.3 Å². The van der Waals surface area contributed by atoms with E-state index in [0.717, 1.165) is 42.7 Å². The highest BCUT2D eigenvalue weighted by Gasteiger charge is 2.53. The van der Waals surface area contributed by atoms with E-state index >= 15 is 0 Å². The van der Waals surface area contributed by atoms with Crippen molar-refractivity contribution in [1.82, 2.24) is 4.98 Å². The number of aromatic hydroxyl groups is 1. The Morgan fingerprint density at radius 1 is 1.22 bits per heavy atom. The molecule has 0 spiro atoms. The van der Waals surface area contributed by atoms with Crippen LogP contribution in [0.2, 0.25) is 0 Å². The van der Waals surface area contributed by atoms with Crippen molar-refractivity contribution < 1.29 is 15.0 Å². The lowest BCUT2D eigenvalue weighted by Gasteiger charge is -2.23. The Morgan fingerprint density at radius 3 is 2.67 bits per heavy atom. The van der Waals surface area contributed by atoms with Crippen LogP contribution in [-0.2, 0) is 12.8 Å². The predicted octanol–water partition coefficient (Wildman–Crippen LogP) is 1.33. The molecule has 2 aliphatic carbocycles. The number of piperidine rings is 1. The number of anilines is 1. The Morgan fingerprint density at radius 2 is 1.96 bits per heavy atom. The summed E-state index contributed by atoms with van der Waals surface area (Å²) in [6.45, 7) is 1.97. The number of nitrogens with zero attached hydrogens (tertiary/aromatic N) is 1. The number of aryl methyl sites for hydroxylation is 1. The number of pyridine rings is 1. The second-order valence-corrected chi connectivity index (χ2v) is 7.84. The van der Waals surface area contributed by atoms with E-state index in [9.17, 15) is 19.8 Å². The quantitative estimate of drug-likeness (QED) is 0.636. The van der Waals surface area contributed by atoms with Crippen LogP contribution in [0.5, 0.6) is 5.75 Å². The zero-order chi connectivity index (χ0) is 18.9. The molecule has 2 aromatic rings. The maximum Gasteiger partial charge on any atom is 0.345 e.